The first-order chi connectivity index (χ1) is 10.5. The number of nitrogens with two attached hydrogens (primary N) is 1. The van der Waals surface area contributed by atoms with Crippen LogP contribution in [0.5, 0.6) is 0 Å². The Kier molecular flexibility index (Phi) is 7.11. The highest BCUT2D eigenvalue weighted by Gasteiger charge is 2.19. The number of carbonyl (C=O) groups excluding carboxylic acids is 1. The normalized spacial score (nSPS) is 11.7. The van der Waals surface area contributed by atoms with E-state index >= 15 is 0 Å². The van der Waals surface area contributed by atoms with Crippen molar-refractivity contribution in [1.82, 2.24) is 0 Å². The van der Waals surface area contributed by atoms with E-state index in [0.717, 1.165) is 11.3 Å². The van der Waals surface area contributed by atoms with Crippen molar-refractivity contribution >= 4 is 29.7 Å². The molecule has 0 heterocycles. The first-order valence-electron chi connectivity index (χ1n) is 7.68. The Morgan fingerprint density at radius 2 is 1.78 bits per heavy atom. The van der Waals surface area contributed by atoms with Gasteiger partial charge in [-0.1, -0.05) is 50.2 Å². The third-order valence-electron chi connectivity index (χ3n) is 3.97. The average molecular weight is 333 g/mol. The van der Waals surface area contributed by atoms with Gasteiger partial charge in [-0.15, -0.1) is 12.4 Å². The maximum Gasteiger partial charge on any atom is 0.225 e. The Labute approximate surface area is 144 Å². The monoisotopic (exact) mass is 332 g/mol. The molecule has 0 aliphatic rings. The lowest BCUT2D eigenvalue weighted by Gasteiger charge is -2.21. The molecular weight excluding hydrogens is 308 g/mol. The van der Waals surface area contributed by atoms with Crippen LogP contribution in [0.4, 0.5) is 11.4 Å². The summed E-state index contributed by atoms with van der Waals surface area (Å²) in [4.78, 5) is 12.4. The second kappa shape index (κ2) is 8.59. The Morgan fingerprint density at radius 1 is 1.13 bits per heavy atom. The quantitative estimate of drug-likeness (QED) is 0.775. The summed E-state index contributed by atoms with van der Waals surface area (Å²) in [5, 5.41) is 2.99. The standard InChI is InChI=1S/C19H24N2O.ClH/c1-13(2)17(15-7-5-4-6-8-15)12-19(22)21-18-11-16(20)10-9-14(18)3;/h4-11,13,17H,12,20H2,1-3H3,(H,21,22);1H. The van der Waals surface area contributed by atoms with Crippen LogP contribution < -0.4 is 11.1 Å². The number of aryl methyl sites for hydroxylation is 1. The molecule has 4 heteroatoms. The van der Waals surface area contributed by atoms with E-state index in [1.807, 2.05) is 37.3 Å². The van der Waals surface area contributed by atoms with Crippen molar-refractivity contribution in [2.24, 2.45) is 5.92 Å². The number of carbonyl (C=O) groups is 1. The van der Waals surface area contributed by atoms with Crippen LogP contribution in [0.1, 0.15) is 37.3 Å². The second-order valence-corrected chi connectivity index (χ2v) is 6.09. The number of benzene rings is 2. The third-order valence-corrected chi connectivity index (χ3v) is 3.97. The minimum Gasteiger partial charge on any atom is -0.399 e. The van der Waals surface area contributed by atoms with Crippen molar-refractivity contribution in [3.8, 4) is 0 Å². The molecule has 0 aromatic heterocycles. The molecule has 0 aliphatic heterocycles. The van der Waals surface area contributed by atoms with Gasteiger partial charge in [-0.2, -0.15) is 0 Å². The molecule has 0 radical (unpaired) electrons. The number of nitrogens with one attached hydrogen (secondary N) is 1. The Bertz CT molecular complexity index is 641. The number of hydrogen-bond donors (Lipinski definition) is 2. The molecule has 0 aliphatic carbocycles. The molecule has 2 aromatic carbocycles. The minimum absolute atomic E-state index is 0. The number of hydrogen-bond acceptors (Lipinski definition) is 2. The van der Waals surface area contributed by atoms with Crippen LogP contribution in [0, 0.1) is 12.8 Å². The molecule has 124 valence electrons. The zero-order valence-electron chi connectivity index (χ0n) is 13.9. The SMILES string of the molecule is Cc1ccc(N)cc1NC(=O)CC(c1ccccc1)C(C)C.Cl. The van der Waals surface area contributed by atoms with Crippen LogP contribution >= 0.6 is 12.4 Å². The van der Waals surface area contributed by atoms with Crippen LogP contribution in [-0.2, 0) is 4.79 Å². The summed E-state index contributed by atoms with van der Waals surface area (Å²) in [5.74, 6) is 0.633. The van der Waals surface area contributed by atoms with E-state index in [-0.39, 0.29) is 24.2 Å². The number of nitrogen functional groups attached to an aromatic ring is 1. The zero-order chi connectivity index (χ0) is 16.1. The summed E-state index contributed by atoms with van der Waals surface area (Å²) >= 11 is 0. The Balaban J connectivity index is 0.00000264. The molecular formula is C19H25ClN2O. The summed E-state index contributed by atoms with van der Waals surface area (Å²) < 4.78 is 0. The third kappa shape index (κ3) is 5.29. The van der Waals surface area contributed by atoms with Crippen molar-refractivity contribution in [2.75, 3.05) is 11.1 Å². The molecule has 1 unspecified atom stereocenters. The molecule has 1 amide bonds. The van der Waals surface area contributed by atoms with Crippen molar-refractivity contribution < 1.29 is 4.79 Å². The fourth-order valence-corrected chi connectivity index (χ4v) is 2.61. The summed E-state index contributed by atoms with van der Waals surface area (Å²) in [6, 6.07) is 15.8. The summed E-state index contributed by atoms with van der Waals surface area (Å²) in [7, 11) is 0. The predicted octanol–water partition coefficient (Wildman–Crippen LogP) is 4.77. The average Bonchev–Trinajstić information content (AvgIpc) is 2.49. The van der Waals surface area contributed by atoms with Crippen molar-refractivity contribution in [3.63, 3.8) is 0 Å². The fourth-order valence-electron chi connectivity index (χ4n) is 2.61. The van der Waals surface area contributed by atoms with Crippen LogP contribution in [0.15, 0.2) is 48.5 Å². The molecule has 3 N–H and O–H groups in total. The molecule has 0 spiro atoms. The molecule has 23 heavy (non-hydrogen) atoms. The zero-order valence-corrected chi connectivity index (χ0v) is 14.7. The maximum atomic E-state index is 12.4. The molecule has 3 nitrogen and oxygen atoms in total. The summed E-state index contributed by atoms with van der Waals surface area (Å²) in [6.45, 7) is 6.26. The predicted molar refractivity (Wildman–Crippen MR) is 100 cm³/mol. The van der Waals surface area contributed by atoms with E-state index < -0.39 is 0 Å². The Hall–Kier alpha value is -2.00. The number of halogens is 1. The lowest BCUT2D eigenvalue weighted by atomic mass is 9.85. The van der Waals surface area contributed by atoms with Gasteiger partial charge in [-0.3, -0.25) is 4.79 Å². The minimum atomic E-state index is 0. The summed E-state index contributed by atoms with van der Waals surface area (Å²) in [5.41, 5.74) is 9.46. The van der Waals surface area contributed by atoms with Crippen molar-refractivity contribution in [3.05, 3.63) is 59.7 Å². The van der Waals surface area contributed by atoms with Crippen LogP contribution in [-0.4, -0.2) is 5.91 Å². The van der Waals surface area contributed by atoms with Gasteiger partial charge in [0, 0.05) is 17.8 Å². The molecule has 0 fully saturated rings. The van der Waals surface area contributed by atoms with Gasteiger partial charge >= 0.3 is 0 Å². The molecule has 0 saturated carbocycles. The Morgan fingerprint density at radius 3 is 2.39 bits per heavy atom. The maximum absolute atomic E-state index is 12.4. The number of anilines is 2. The lowest BCUT2D eigenvalue weighted by molar-refractivity contribution is -0.116. The van der Waals surface area contributed by atoms with Crippen LogP contribution in [0.25, 0.3) is 0 Å². The lowest BCUT2D eigenvalue weighted by Crippen LogP contribution is -2.19. The first-order valence-corrected chi connectivity index (χ1v) is 7.68. The fraction of sp³-hybridized carbons (Fsp3) is 0.316. The smallest absolute Gasteiger partial charge is 0.225 e. The molecule has 2 aromatic rings. The van der Waals surface area contributed by atoms with Gasteiger partial charge in [-0.25, -0.2) is 0 Å². The van der Waals surface area contributed by atoms with E-state index in [0.29, 0.717) is 18.0 Å². The molecule has 0 saturated heterocycles. The van der Waals surface area contributed by atoms with Gasteiger partial charge in [0.25, 0.3) is 0 Å². The van der Waals surface area contributed by atoms with E-state index in [1.165, 1.54) is 5.56 Å². The van der Waals surface area contributed by atoms with Crippen molar-refractivity contribution in [2.45, 2.75) is 33.1 Å². The van der Waals surface area contributed by atoms with Crippen molar-refractivity contribution in [1.29, 1.82) is 0 Å². The highest BCUT2D eigenvalue weighted by molar-refractivity contribution is 5.92. The van der Waals surface area contributed by atoms with Crippen LogP contribution in [0.3, 0.4) is 0 Å². The first kappa shape index (κ1) is 19.0. The number of amides is 1. The van der Waals surface area contributed by atoms with E-state index in [1.54, 1.807) is 6.07 Å². The highest BCUT2D eigenvalue weighted by Crippen LogP contribution is 2.28. The largest absolute Gasteiger partial charge is 0.399 e. The van der Waals surface area contributed by atoms with Crippen LogP contribution in [0.2, 0.25) is 0 Å². The van der Waals surface area contributed by atoms with Gasteiger partial charge in [-0.05, 0) is 42.0 Å². The van der Waals surface area contributed by atoms with Gasteiger partial charge in [0.1, 0.15) is 0 Å². The summed E-state index contributed by atoms with van der Waals surface area (Å²) in [6.07, 6.45) is 0.468. The van der Waals surface area contributed by atoms with E-state index in [9.17, 15) is 4.79 Å². The van der Waals surface area contributed by atoms with Gasteiger partial charge in [0.15, 0.2) is 0 Å². The molecule has 0 bridgehead atoms. The number of rotatable bonds is 5. The second-order valence-electron chi connectivity index (χ2n) is 6.09. The van der Waals surface area contributed by atoms with Gasteiger partial charge in [0.05, 0.1) is 0 Å². The topological polar surface area (TPSA) is 55.1 Å². The highest BCUT2D eigenvalue weighted by atomic mass is 35.5. The van der Waals surface area contributed by atoms with Gasteiger partial charge in [0.2, 0.25) is 5.91 Å². The molecule has 1 atom stereocenters. The van der Waals surface area contributed by atoms with E-state index in [4.69, 9.17) is 5.73 Å². The molecule has 2 rings (SSSR count). The van der Waals surface area contributed by atoms with E-state index in [2.05, 4.69) is 31.3 Å². The van der Waals surface area contributed by atoms with Gasteiger partial charge < -0.3 is 11.1 Å².